The summed E-state index contributed by atoms with van der Waals surface area (Å²) in [4.78, 5) is 17.5. The molecular formula is C28H32FNO6. The maximum atomic E-state index is 13.8. The molecule has 0 spiro atoms. The molecule has 8 heteroatoms. The summed E-state index contributed by atoms with van der Waals surface area (Å²) in [7, 11) is 2.99. The van der Waals surface area contributed by atoms with Gasteiger partial charge in [-0.3, -0.25) is 4.79 Å². The first-order chi connectivity index (χ1) is 17.1. The Balaban J connectivity index is 1.79. The molecule has 3 rings (SSSR count). The molecule has 0 radical (unpaired) electrons. The predicted molar refractivity (Wildman–Crippen MR) is 134 cm³/mol. The number of benzene rings is 2. The number of aryl methyl sites for hydroxylation is 1. The second-order valence-electron chi connectivity index (χ2n) is 8.93. The number of aliphatic hydroxyl groups excluding tert-OH is 1. The van der Waals surface area contributed by atoms with Gasteiger partial charge < -0.3 is 24.4 Å². The van der Waals surface area contributed by atoms with Gasteiger partial charge in [0.2, 0.25) is 0 Å². The van der Waals surface area contributed by atoms with Gasteiger partial charge in [0.05, 0.1) is 26.0 Å². The molecular weight excluding hydrogens is 465 g/mol. The number of nitrogens with zero attached hydrogens (tertiary/aromatic N) is 1. The molecule has 1 aromatic heterocycles. The minimum atomic E-state index is -1.41. The number of ketones is 1. The molecule has 0 fully saturated rings. The average Bonchev–Trinajstić information content (AvgIpc) is 2.87. The number of aliphatic hydroxyl groups is 2. The topological polar surface area (TPSA) is 98.1 Å². The lowest BCUT2D eigenvalue weighted by atomic mass is 9.92. The Morgan fingerprint density at radius 1 is 1.06 bits per heavy atom. The van der Waals surface area contributed by atoms with Crippen molar-refractivity contribution < 1.29 is 33.6 Å². The van der Waals surface area contributed by atoms with Crippen LogP contribution in [0.5, 0.6) is 17.2 Å². The summed E-state index contributed by atoms with van der Waals surface area (Å²) in [5, 5.41) is 20.6. The number of aromatic nitrogens is 1. The van der Waals surface area contributed by atoms with Crippen LogP contribution in [0.25, 0.3) is 11.3 Å². The third-order valence-electron chi connectivity index (χ3n) is 5.87. The van der Waals surface area contributed by atoms with Crippen molar-refractivity contribution in [1.29, 1.82) is 0 Å². The Kier molecular flexibility index (Phi) is 8.66. The van der Waals surface area contributed by atoms with E-state index in [1.165, 1.54) is 20.3 Å². The van der Waals surface area contributed by atoms with E-state index in [1.807, 2.05) is 0 Å². The smallest absolute Gasteiger partial charge is 0.163 e. The molecule has 0 saturated carbocycles. The number of carbonyl (C=O) groups is 1. The van der Waals surface area contributed by atoms with Crippen molar-refractivity contribution >= 4 is 5.78 Å². The van der Waals surface area contributed by atoms with Crippen molar-refractivity contribution in [1.82, 2.24) is 4.98 Å². The van der Waals surface area contributed by atoms with Crippen LogP contribution >= 0.6 is 0 Å². The summed E-state index contributed by atoms with van der Waals surface area (Å²) < 4.78 is 30.0. The van der Waals surface area contributed by atoms with E-state index in [4.69, 9.17) is 14.2 Å². The molecule has 2 atom stereocenters. The SMILES string of the molecule is COc1cc(C(=O)CCC(C)(O)c2ccc(OC)c(-c3ccc(F)c(C)c3)n2)ccc1OCC(C)O. The first-order valence-corrected chi connectivity index (χ1v) is 11.6. The molecule has 2 aromatic carbocycles. The van der Waals surface area contributed by atoms with Crippen molar-refractivity contribution in [3.05, 3.63) is 71.2 Å². The van der Waals surface area contributed by atoms with Crippen molar-refractivity contribution in [2.75, 3.05) is 20.8 Å². The van der Waals surface area contributed by atoms with Gasteiger partial charge in [-0.15, -0.1) is 0 Å². The zero-order valence-corrected chi connectivity index (χ0v) is 21.2. The van der Waals surface area contributed by atoms with E-state index >= 15 is 0 Å². The molecule has 2 unspecified atom stereocenters. The average molecular weight is 498 g/mol. The number of pyridine rings is 1. The van der Waals surface area contributed by atoms with E-state index in [9.17, 15) is 19.4 Å². The standard InChI is InChI=1S/C28H32FNO6/c1-17-14-20(6-8-21(17)29)27-24(34-4)10-11-26(30-27)28(3,33)13-12-22(32)19-7-9-23(25(15-19)35-5)36-16-18(2)31/h6-11,14-15,18,31,33H,12-13,16H2,1-5H3. The fourth-order valence-corrected chi connectivity index (χ4v) is 3.71. The molecule has 2 N–H and O–H groups in total. The highest BCUT2D eigenvalue weighted by Crippen LogP contribution is 2.34. The number of Topliss-reactive ketones (excluding diaryl/α,β-unsaturated/α-hetero) is 1. The van der Waals surface area contributed by atoms with Crippen LogP contribution in [0.1, 0.15) is 48.3 Å². The van der Waals surface area contributed by atoms with E-state index in [-0.39, 0.29) is 31.0 Å². The fraction of sp³-hybridized carbons (Fsp3) is 0.357. The number of hydrogen-bond acceptors (Lipinski definition) is 7. The summed E-state index contributed by atoms with van der Waals surface area (Å²) in [6, 6.07) is 12.8. The third kappa shape index (κ3) is 6.38. The molecule has 0 amide bonds. The van der Waals surface area contributed by atoms with Crippen LogP contribution in [0.3, 0.4) is 0 Å². The monoisotopic (exact) mass is 497 g/mol. The first kappa shape index (κ1) is 27.1. The van der Waals surface area contributed by atoms with Crippen LogP contribution in [0.15, 0.2) is 48.5 Å². The van der Waals surface area contributed by atoms with Crippen molar-refractivity contribution in [2.45, 2.75) is 45.3 Å². The lowest BCUT2D eigenvalue weighted by molar-refractivity contribution is 0.0397. The van der Waals surface area contributed by atoms with Crippen LogP contribution in [0.4, 0.5) is 4.39 Å². The maximum Gasteiger partial charge on any atom is 0.163 e. The molecule has 0 bridgehead atoms. The largest absolute Gasteiger partial charge is 0.494 e. The third-order valence-corrected chi connectivity index (χ3v) is 5.87. The van der Waals surface area contributed by atoms with E-state index in [0.29, 0.717) is 45.3 Å². The second kappa shape index (κ2) is 11.5. The van der Waals surface area contributed by atoms with Gasteiger partial charge >= 0.3 is 0 Å². The molecule has 36 heavy (non-hydrogen) atoms. The van der Waals surface area contributed by atoms with Gasteiger partial charge in [0.15, 0.2) is 17.3 Å². The maximum absolute atomic E-state index is 13.8. The first-order valence-electron chi connectivity index (χ1n) is 11.6. The van der Waals surface area contributed by atoms with Crippen LogP contribution in [-0.2, 0) is 5.60 Å². The van der Waals surface area contributed by atoms with Crippen molar-refractivity contribution in [2.24, 2.45) is 0 Å². The molecule has 1 heterocycles. The molecule has 0 aliphatic rings. The molecule has 7 nitrogen and oxygen atoms in total. The van der Waals surface area contributed by atoms with Gasteiger partial charge in [0, 0.05) is 17.5 Å². The number of halogens is 1. The van der Waals surface area contributed by atoms with E-state index in [1.54, 1.807) is 63.2 Å². The Morgan fingerprint density at radius 3 is 2.39 bits per heavy atom. The lowest BCUT2D eigenvalue weighted by Gasteiger charge is -2.24. The minimum absolute atomic E-state index is 0.0583. The zero-order valence-electron chi connectivity index (χ0n) is 21.2. The van der Waals surface area contributed by atoms with Gasteiger partial charge in [-0.1, -0.05) is 0 Å². The number of ether oxygens (including phenoxy) is 3. The Labute approximate surface area is 210 Å². The number of hydrogen-bond donors (Lipinski definition) is 2. The van der Waals surface area contributed by atoms with Gasteiger partial charge in [0.1, 0.15) is 29.5 Å². The van der Waals surface area contributed by atoms with E-state index < -0.39 is 11.7 Å². The minimum Gasteiger partial charge on any atom is -0.494 e. The van der Waals surface area contributed by atoms with Crippen LogP contribution < -0.4 is 14.2 Å². The Hall–Kier alpha value is -3.49. The highest BCUT2D eigenvalue weighted by molar-refractivity contribution is 5.96. The summed E-state index contributed by atoms with van der Waals surface area (Å²) in [6.07, 6.45) is -0.462. The molecule has 192 valence electrons. The summed E-state index contributed by atoms with van der Waals surface area (Å²) >= 11 is 0. The van der Waals surface area contributed by atoms with Crippen molar-refractivity contribution in [3.8, 4) is 28.5 Å². The Bertz CT molecular complexity index is 1220. The zero-order chi connectivity index (χ0) is 26.5. The van der Waals surface area contributed by atoms with Crippen LogP contribution in [0.2, 0.25) is 0 Å². The molecule has 0 aliphatic carbocycles. The lowest BCUT2D eigenvalue weighted by Crippen LogP contribution is -2.24. The second-order valence-corrected chi connectivity index (χ2v) is 8.93. The summed E-state index contributed by atoms with van der Waals surface area (Å²) in [6.45, 7) is 4.97. The van der Waals surface area contributed by atoms with E-state index in [0.717, 1.165) is 0 Å². The van der Waals surface area contributed by atoms with Crippen molar-refractivity contribution in [3.63, 3.8) is 0 Å². The highest BCUT2D eigenvalue weighted by atomic mass is 19.1. The summed E-state index contributed by atoms with van der Waals surface area (Å²) in [5.41, 5.74) is 0.976. The van der Waals surface area contributed by atoms with Gasteiger partial charge in [-0.2, -0.15) is 0 Å². The quantitative estimate of drug-likeness (QED) is 0.366. The molecule has 0 aliphatic heterocycles. The van der Waals surface area contributed by atoms with Gasteiger partial charge in [-0.05, 0) is 81.3 Å². The normalized spacial score (nSPS) is 13.6. The fourth-order valence-electron chi connectivity index (χ4n) is 3.71. The van der Waals surface area contributed by atoms with E-state index in [2.05, 4.69) is 4.98 Å². The van der Waals surface area contributed by atoms with Gasteiger partial charge in [-0.25, -0.2) is 9.37 Å². The van der Waals surface area contributed by atoms with Gasteiger partial charge in [0.25, 0.3) is 0 Å². The summed E-state index contributed by atoms with van der Waals surface area (Å²) in [5.74, 6) is 0.788. The number of methoxy groups -OCH3 is 2. The molecule has 0 saturated heterocycles. The number of carbonyl (C=O) groups excluding carboxylic acids is 1. The highest BCUT2D eigenvalue weighted by Gasteiger charge is 2.28. The van der Waals surface area contributed by atoms with Crippen LogP contribution in [-0.4, -0.2) is 47.9 Å². The molecule has 3 aromatic rings. The van der Waals surface area contributed by atoms with Crippen LogP contribution in [0, 0.1) is 12.7 Å². The Morgan fingerprint density at radius 2 is 1.75 bits per heavy atom. The predicted octanol–water partition coefficient (Wildman–Crippen LogP) is 4.84. The number of rotatable bonds is 11.